The number of hydrogen-bond acceptors (Lipinski definition) is 6. The first kappa shape index (κ1) is 28.3. The number of hydrogen-bond donors (Lipinski definition) is 2. The molecule has 2 N–H and O–H groups in total. The minimum atomic E-state index is -5.23. The summed E-state index contributed by atoms with van der Waals surface area (Å²) in [4.78, 5) is 29.7. The molecule has 9 nitrogen and oxygen atoms in total. The van der Waals surface area contributed by atoms with Crippen molar-refractivity contribution in [2.24, 2.45) is 0 Å². The van der Waals surface area contributed by atoms with Crippen LogP contribution in [0.25, 0.3) is 22.0 Å². The topological polar surface area (TPSA) is 121 Å². The van der Waals surface area contributed by atoms with Gasteiger partial charge in [0, 0.05) is 26.1 Å². The lowest BCUT2D eigenvalue weighted by Gasteiger charge is -2.20. The molecule has 0 unspecified atom stereocenters. The van der Waals surface area contributed by atoms with E-state index in [9.17, 15) is 31.2 Å². The van der Waals surface area contributed by atoms with Crippen molar-refractivity contribution >= 4 is 32.9 Å². The number of aromatic amines is 1. The van der Waals surface area contributed by atoms with Crippen LogP contribution >= 0.6 is 0 Å². The second-order valence-electron chi connectivity index (χ2n) is 8.56. The Hall–Kier alpha value is -3.29. The van der Waals surface area contributed by atoms with Gasteiger partial charge in [-0.2, -0.15) is 30.6 Å². The number of nitrogens with one attached hydrogen (secondary N) is 2. The molecule has 0 saturated heterocycles. The van der Waals surface area contributed by atoms with E-state index in [0.29, 0.717) is 30.8 Å². The van der Waals surface area contributed by atoms with Gasteiger partial charge >= 0.3 is 18.1 Å². The van der Waals surface area contributed by atoms with Crippen molar-refractivity contribution in [3.8, 4) is 11.3 Å². The summed E-state index contributed by atoms with van der Waals surface area (Å²) >= 11 is 0. The van der Waals surface area contributed by atoms with E-state index in [1.54, 1.807) is 6.20 Å². The van der Waals surface area contributed by atoms with Gasteiger partial charge in [-0.1, -0.05) is 49.2 Å². The molecule has 0 spiro atoms. The normalized spacial score (nSPS) is 13.1. The van der Waals surface area contributed by atoms with E-state index >= 15 is 0 Å². The van der Waals surface area contributed by atoms with Crippen molar-refractivity contribution in [2.75, 3.05) is 14.1 Å². The van der Waals surface area contributed by atoms with Crippen molar-refractivity contribution in [1.29, 1.82) is 0 Å². The van der Waals surface area contributed by atoms with Crippen LogP contribution in [-0.4, -0.2) is 54.9 Å². The fraction of sp³-hybridized carbons (Fsp3) is 0.375. The second-order valence-corrected chi connectivity index (χ2v) is 10.5. The van der Waals surface area contributed by atoms with Crippen LogP contribution in [0.3, 0.4) is 0 Å². The maximum absolute atomic E-state index is 12.5. The zero-order valence-electron chi connectivity index (χ0n) is 20.2. The van der Waals surface area contributed by atoms with Crippen LogP contribution in [0.5, 0.6) is 0 Å². The monoisotopic (exact) mass is 540 g/mol. The summed E-state index contributed by atoms with van der Waals surface area (Å²) in [5, 5.41) is 2.12. The molecule has 3 rings (SSSR count). The number of fused-ring (bicyclic) bond motifs is 1. The van der Waals surface area contributed by atoms with Gasteiger partial charge in [-0.15, -0.1) is 0 Å². The number of esters is 2. The Balaban J connectivity index is 1.65. The molecular formula is C24H27F3N4O5S. The summed E-state index contributed by atoms with van der Waals surface area (Å²) in [6.45, 7) is 0. The van der Waals surface area contributed by atoms with Gasteiger partial charge in [-0.25, -0.2) is 9.78 Å². The number of alkyl halides is 3. The lowest BCUT2D eigenvalue weighted by Crippen LogP contribution is -2.38. The van der Waals surface area contributed by atoms with E-state index in [-0.39, 0.29) is 12.8 Å². The third kappa shape index (κ3) is 7.84. The van der Waals surface area contributed by atoms with Crippen LogP contribution in [0.4, 0.5) is 13.2 Å². The smallest absolute Gasteiger partial charge is 0.386 e. The number of nitrogens with zero attached hydrogens (tertiary/aromatic N) is 2. The third-order valence-corrected chi connectivity index (χ3v) is 7.11. The predicted octanol–water partition coefficient (Wildman–Crippen LogP) is 4.25. The molecule has 0 saturated carbocycles. The maximum atomic E-state index is 12.5. The van der Waals surface area contributed by atoms with Crippen LogP contribution in [0.1, 0.15) is 44.0 Å². The summed E-state index contributed by atoms with van der Waals surface area (Å²) in [6.07, 6.45) is -2.72. The van der Waals surface area contributed by atoms with E-state index in [0.717, 1.165) is 20.6 Å². The lowest BCUT2D eigenvalue weighted by atomic mass is 10.1. The highest BCUT2D eigenvalue weighted by Crippen LogP contribution is 2.26. The molecule has 37 heavy (non-hydrogen) atoms. The molecule has 1 heterocycles. The number of aromatic nitrogens is 2. The fourth-order valence-electron chi connectivity index (χ4n) is 3.56. The van der Waals surface area contributed by atoms with Crippen LogP contribution in [0, 0.1) is 0 Å². The summed E-state index contributed by atoms with van der Waals surface area (Å²) < 4.78 is 68.9. The highest BCUT2D eigenvalue weighted by Gasteiger charge is 2.42. The molecule has 0 amide bonds. The van der Waals surface area contributed by atoms with Gasteiger partial charge in [0.05, 0.1) is 17.9 Å². The molecule has 0 fully saturated rings. The van der Waals surface area contributed by atoms with Crippen molar-refractivity contribution in [2.45, 2.75) is 44.3 Å². The van der Waals surface area contributed by atoms with Crippen molar-refractivity contribution in [3.63, 3.8) is 0 Å². The zero-order chi connectivity index (χ0) is 27.2. The van der Waals surface area contributed by atoms with Crippen LogP contribution in [0.15, 0.2) is 48.7 Å². The minimum absolute atomic E-state index is 0.164. The number of carbonyl (C=O) groups is 2. The molecule has 2 aromatic carbocycles. The summed E-state index contributed by atoms with van der Waals surface area (Å²) in [5.74, 6) is -3.42. The highest BCUT2D eigenvalue weighted by molar-refractivity contribution is 7.87. The summed E-state index contributed by atoms with van der Waals surface area (Å²) in [5.41, 5.74) is 1.57. The molecule has 0 radical (unpaired) electrons. The lowest BCUT2D eigenvalue weighted by molar-refractivity contribution is -0.201. The van der Waals surface area contributed by atoms with E-state index in [1.165, 1.54) is 14.1 Å². The Morgan fingerprint density at radius 2 is 1.78 bits per heavy atom. The van der Waals surface area contributed by atoms with Crippen molar-refractivity contribution in [3.05, 3.63) is 54.5 Å². The van der Waals surface area contributed by atoms with Crippen LogP contribution < -0.4 is 4.72 Å². The van der Waals surface area contributed by atoms with Crippen molar-refractivity contribution in [1.82, 2.24) is 19.0 Å². The Bertz CT molecular complexity index is 1360. The maximum Gasteiger partial charge on any atom is 0.491 e. The summed E-state index contributed by atoms with van der Waals surface area (Å²) in [6, 6.07) is 13.0. The Kier molecular flexibility index (Phi) is 9.05. The largest absolute Gasteiger partial charge is 0.491 e. The van der Waals surface area contributed by atoms with E-state index in [4.69, 9.17) is 0 Å². The van der Waals surface area contributed by atoms with Gasteiger partial charge in [0.2, 0.25) is 0 Å². The van der Waals surface area contributed by atoms with Gasteiger partial charge in [0.15, 0.2) is 0 Å². The fourth-order valence-corrected chi connectivity index (χ4v) is 4.36. The number of rotatable bonds is 11. The molecule has 0 aliphatic rings. The molecule has 13 heteroatoms. The second kappa shape index (κ2) is 11.8. The number of carbonyl (C=O) groups excluding carboxylic acids is 2. The number of unbranched alkanes of at least 4 members (excludes halogenated alkanes) is 2. The molecular weight excluding hydrogens is 513 g/mol. The average molecular weight is 541 g/mol. The molecule has 1 atom stereocenters. The Labute approximate surface area is 212 Å². The highest BCUT2D eigenvalue weighted by atomic mass is 32.2. The van der Waals surface area contributed by atoms with Gasteiger partial charge < -0.3 is 9.72 Å². The first-order valence-electron chi connectivity index (χ1n) is 11.4. The number of H-pyrrole nitrogens is 1. The Morgan fingerprint density at radius 1 is 1.08 bits per heavy atom. The standard InChI is InChI=1S/C24H27F3N4O5S/c1-31(2)37(34,35)30-19(10-4-3-5-11-21(32)36-23(33)24(25,26)27)22-28-15-20(29-22)18-13-12-16-8-6-7-9-17(16)14-18/h6-9,12-15,19,30H,3-5,10-11H2,1-2H3,(H,28,29)/t19-/m0/s1. The van der Waals surface area contributed by atoms with E-state index in [2.05, 4.69) is 19.4 Å². The number of imidazole rings is 1. The first-order valence-corrected chi connectivity index (χ1v) is 12.9. The van der Waals surface area contributed by atoms with E-state index < -0.39 is 34.4 Å². The zero-order valence-corrected chi connectivity index (χ0v) is 21.0. The Morgan fingerprint density at radius 3 is 2.46 bits per heavy atom. The number of ether oxygens (including phenoxy) is 1. The molecule has 0 aliphatic heterocycles. The minimum Gasteiger partial charge on any atom is -0.386 e. The summed E-state index contributed by atoms with van der Waals surface area (Å²) in [7, 11) is -1.04. The molecule has 0 aliphatic carbocycles. The predicted molar refractivity (Wildman–Crippen MR) is 130 cm³/mol. The van der Waals surface area contributed by atoms with Gasteiger partial charge in [-0.05, 0) is 29.7 Å². The van der Waals surface area contributed by atoms with Gasteiger partial charge in [0.25, 0.3) is 10.2 Å². The van der Waals surface area contributed by atoms with E-state index in [1.807, 2.05) is 42.5 Å². The van der Waals surface area contributed by atoms with Crippen LogP contribution in [0.2, 0.25) is 0 Å². The SMILES string of the molecule is CN(C)S(=O)(=O)N[C@@H](CCCCCC(=O)OC(=O)C(F)(F)F)c1ncc(-c2ccc3ccccc3c2)[nH]1. The van der Waals surface area contributed by atoms with Crippen molar-refractivity contribution < 1.29 is 35.9 Å². The average Bonchev–Trinajstić information content (AvgIpc) is 3.32. The molecule has 1 aromatic heterocycles. The third-order valence-electron chi connectivity index (χ3n) is 5.57. The van der Waals surface area contributed by atoms with Crippen LogP contribution in [-0.2, 0) is 24.5 Å². The molecule has 3 aromatic rings. The number of halogens is 3. The van der Waals surface area contributed by atoms with Gasteiger partial charge in [0.1, 0.15) is 5.82 Å². The van der Waals surface area contributed by atoms with Gasteiger partial charge in [-0.3, -0.25) is 4.79 Å². The quantitative estimate of drug-likeness (QED) is 0.213. The number of benzene rings is 2. The molecule has 200 valence electrons. The molecule has 0 bridgehead atoms. The first-order chi connectivity index (χ1) is 17.4.